The summed E-state index contributed by atoms with van der Waals surface area (Å²) in [6, 6.07) is 17.9. The Morgan fingerprint density at radius 3 is 2.14 bits per heavy atom. The first-order chi connectivity index (χ1) is 21.4. The molecule has 2 aromatic heterocycles. The van der Waals surface area contributed by atoms with Crippen LogP contribution in [0.15, 0.2) is 115 Å². The molecule has 1 aliphatic carbocycles. The average molecular weight is 600 g/mol. The number of carbonyl (C=O) groups is 1. The van der Waals surface area contributed by atoms with Gasteiger partial charge in [0.25, 0.3) is 0 Å². The molecular weight excluding hydrogens is 569 g/mol. The lowest BCUT2D eigenvalue weighted by molar-refractivity contribution is -0.376. The summed E-state index contributed by atoms with van der Waals surface area (Å²) in [7, 11) is -3.02. The van der Waals surface area contributed by atoms with E-state index < -0.39 is 7.11 Å². The normalized spacial score (nSPS) is 15.5. The Hall–Kier alpha value is -4.94. The van der Waals surface area contributed by atoms with E-state index in [4.69, 9.17) is 18.8 Å². The van der Waals surface area contributed by atoms with Crippen LogP contribution in [-0.2, 0) is 31.9 Å². The quantitative estimate of drug-likeness (QED) is 0.265. The molecule has 0 saturated heterocycles. The Bertz CT molecular complexity index is 1530. The fourth-order valence-electron chi connectivity index (χ4n) is 4.50. The summed E-state index contributed by atoms with van der Waals surface area (Å²) >= 11 is 0. The molecular formula is C32H31BF2N4O5. The third kappa shape index (κ3) is 8.79. The number of hydrogen-bond acceptors (Lipinski definition) is 8. The van der Waals surface area contributed by atoms with Crippen LogP contribution < -0.4 is 9.73 Å². The highest BCUT2D eigenvalue weighted by Gasteiger charge is 2.38. The molecule has 0 bridgehead atoms. The van der Waals surface area contributed by atoms with Gasteiger partial charge in [-0.3, -0.25) is 14.9 Å². The summed E-state index contributed by atoms with van der Waals surface area (Å²) in [4.78, 5) is 26.6. The maximum absolute atomic E-state index is 14.5. The van der Waals surface area contributed by atoms with E-state index in [1.807, 2.05) is 41.3 Å². The number of hydrogen-bond donors (Lipinski definition) is 1. The molecule has 9 nitrogen and oxygen atoms in total. The van der Waals surface area contributed by atoms with Crippen LogP contribution >= 0.6 is 0 Å². The molecule has 0 radical (unpaired) electrons. The van der Waals surface area contributed by atoms with Crippen molar-refractivity contribution in [2.24, 2.45) is 0 Å². The van der Waals surface area contributed by atoms with Crippen molar-refractivity contribution in [1.29, 1.82) is 0 Å². The zero-order chi connectivity index (χ0) is 30.8. The van der Waals surface area contributed by atoms with Crippen LogP contribution in [0.3, 0.4) is 0 Å². The van der Waals surface area contributed by atoms with Gasteiger partial charge in [0.1, 0.15) is 18.9 Å². The van der Waals surface area contributed by atoms with Gasteiger partial charge in [0.15, 0.2) is 0 Å². The summed E-state index contributed by atoms with van der Waals surface area (Å²) in [6.07, 6.45) is 11.3. The molecule has 1 aliphatic heterocycles. The van der Waals surface area contributed by atoms with Crippen molar-refractivity contribution in [3.8, 4) is 5.75 Å². The van der Waals surface area contributed by atoms with Gasteiger partial charge in [-0.2, -0.15) is 4.99 Å². The van der Waals surface area contributed by atoms with Gasteiger partial charge in [0.05, 0.1) is 29.5 Å². The number of ether oxygens (including phenoxy) is 2. The van der Waals surface area contributed by atoms with E-state index in [0.717, 1.165) is 11.4 Å². The minimum absolute atomic E-state index is 0.0297. The number of nitrogens with zero attached hydrogens (tertiary/aromatic N) is 3. The number of benzene rings is 1. The van der Waals surface area contributed by atoms with Crippen molar-refractivity contribution in [2.75, 3.05) is 26.9 Å². The highest BCUT2D eigenvalue weighted by Crippen LogP contribution is 2.34. The van der Waals surface area contributed by atoms with Crippen molar-refractivity contribution >= 4 is 24.5 Å². The largest absolute Gasteiger partial charge is 0.725 e. The van der Waals surface area contributed by atoms with Crippen LogP contribution in [0.25, 0.3) is 5.76 Å². The monoisotopic (exact) mass is 600 g/mol. The van der Waals surface area contributed by atoms with Crippen LogP contribution in [0.1, 0.15) is 17.0 Å². The highest BCUT2D eigenvalue weighted by atomic mass is 19.3. The topological polar surface area (TPSA) is 97.0 Å². The van der Waals surface area contributed by atoms with Gasteiger partial charge < -0.3 is 27.4 Å². The second-order valence-electron chi connectivity index (χ2n) is 9.92. The highest BCUT2D eigenvalue weighted by molar-refractivity contribution is 6.53. The zero-order valence-corrected chi connectivity index (χ0v) is 24.1. The Morgan fingerprint density at radius 2 is 1.55 bits per heavy atom. The number of carbonyl (C=O) groups excluding carboxylic acids is 1. The molecule has 1 N–H and O–H groups in total. The molecule has 5 rings (SSSR count). The number of pyridine rings is 2. The van der Waals surface area contributed by atoms with Crippen LogP contribution in [0.2, 0.25) is 0 Å². The Kier molecular flexibility index (Phi) is 10.1. The minimum atomic E-state index is -4.60. The molecule has 12 heteroatoms. The summed E-state index contributed by atoms with van der Waals surface area (Å²) in [6.45, 7) is 1.79. The molecule has 0 unspecified atom stereocenters. The molecule has 0 spiro atoms. The molecule has 0 fully saturated rings. The van der Waals surface area contributed by atoms with Gasteiger partial charge in [-0.1, -0.05) is 12.1 Å². The zero-order valence-electron chi connectivity index (χ0n) is 24.1. The number of rotatable bonds is 11. The molecule has 1 aromatic carbocycles. The second kappa shape index (κ2) is 14.5. The van der Waals surface area contributed by atoms with Crippen molar-refractivity contribution in [3.05, 3.63) is 132 Å². The third-order valence-electron chi connectivity index (χ3n) is 6.53. The summed E-state index contributed by atoms with van der Waals surface area (Å²) in [5.41, 5.74) is 3.00. The number of allylic oxidation sites excluding steroid dienone is 6. The van der Waals surface area contributed by atoms with Crippen molar-refractivity contribution in [1.82, 2.24) is 14.9 Å². The van der Waals surface area contributed by atoms with Gasteiger partial charge in [-0.25, -0.2) is 4.79 Å². The predicted molar refractivity (Wildman–Crippen MR) is 161 cm³/mol. The predicted octanol–water partition coefficient (Wildman–Crippen LogP) is 3.39. The average Bonchev–Trinajstić information content (AvgIpc) is 3.02. The van der Waals surface area contributed by atoms with Crippen LogP contribution in [0.4, 0.5) is 8.63 Å². The first-order valence-electron chi connectivity index (χ1n) is 14.0. The Labute approximate surface area is 253 Å². The summed E-state index contributed by atoms with van der Waals surface area (Å²) < 4.78 is 49.2. The molecule has 0 saturated carbocycles. The lowest BCUT2D eigenvalue weighted by Gasteiger charge is -2.35. The van der Waals surface area contributed by atoms with Gasteiger partial charge in [0.2, 0.25) is 5.71 Å². The van der Waals surface area contributed by atoms with Crippen LogP contribution in [-0.4, -0.2) is 60.5 Å². The molecule has 3 aromatic rings. The van der Waals surface area contributed by atoms with E-state index in [-0.39, 0.29) is 24.0 Å². The minimum Gasteiger partial charge on any atom is -0.627 e. The smallest absolute Gasteiger partial charge is 0.627 e. The fourth-order valence-corrected chi connectivity index (χ4v) is 4.50. The van der Waals surface area contributed by atoms with E-state index in [0.29, 0.717) is 48.9 Å². The lowest BCUT2D eigenvalue weighted by atomic mass is 10.0. The van der Waals surface area contributed by atoms with Crippen molar-refractivity contribution in [3.63, 3.8) is 0 Å². The third-order valence-corrected chi connectivity index (χ3v) is 6.53. The lowest BCUT2D eigenvalue weighted by Crippen LogP contribution is -2.78. The van der Waals surface area contributed by atoms with Crippen LogP contribution in [0, 0.1) is 0 Å². The standard InChI is InChI=1S/C32H30BF2N4O5/c1-41-18-19-42-29-14-10-25(11-15-29)31-20-30(43-33(34,35)44-31)24-8-12-26(13-9-24)38-32(40)23-39(21-27-6-2-4-16-36-27)22-28-7-3-5-17-37-28/h2-17,20H,18-19,21-23H2,1H3/q-1/p+1. The van der Waals surface area contributed by atoms with Crippen LogP contribution in [0.5, 0.6) is 5.75 Å². The van der Waals surface area contributed by atoms with Gasteiger partial charge in [-0.05, 0) is 60.7 Å². The Balaban J connectivity index is 1.28. The molecule has 0 atom stereocenters. The number of methoxy groups -OCH3 is 1. The molecule has 1 amide bonds. The maximum atomic E-state index is 14.5. The summed E-state index contributed by atoms with van der Waals surface area (Å²) in [5.74, 6) is 0.254. The van der Waals surface area contributed by atoms with Gasteiger partial charge >= 0.3 is 13.0 Å². The maximum Gasteiger partial charge on any atom is 0.725 e. The fraction of sp³-hybridized carbons (Fsp3) is 0.188. The SMILES string of the molecule is COCCOc1ccc(C2=CC(=C3C=CC(=[NH+]C(=O)CN(Cc4ccccn4)Cc4ccccn4)C=C3)O[B-](F)(F)O2)cc1. The van der Waals surface area contributed by atoms with E-state index in [9.17, 15) is 13.4 Å². The molecule has 2 aliphatic rings. The van der Waals surface area contributed by atoms with E-state index >= 15 is 0 Å². The van der Waals surface area contributed by atoms with Gasteiger partial charge in [0, 0.05) is 62.0 Å². The van der Waals surface area contributed by atoms with E-state index in [2.05, 4.69) is 15.0 Å². The first kappa shape index (κ1) is 30.5. The molecule has 3 heterocycles. The Morgan fingerprint density at radius 1 is 0.886 bits per heavy atom. The first-order valence-corrected chi connectivity index (χ1v) is 14.0. The molecule has 226 valence electrons. The second-order valence-corrected chi connectivity index (χ2v) is 9.92. The van der Waals surface area contributed by atoms with Gasteiger partial charge in [-0.15, -0.1) is 0 Å². The molecule has 44 heavy (non-hydrogen) atoms. The van der Waals surface area contributed by atoms with E-state index in [1.54, 1.807) is 68.1 Å². The number of aromatic nitrogens is 2. The number of amides is 1. The van der Waals surface area contributed by atoms with Crippen molar-refractivity contribution < 1.29 is 37.2 Å². The van der Waals surface area contributed by atoms with E-state index in [1.165, 1.54) is 6.08 Å². The van der Waals surface area contributed by atoms with Crippen molar-refractivity contribution in [2.45, 2.75) is 13.1 Å². The summed E-state index contributed by atoms with van der Waals surface area (Å²) in [5, 5.41) is 0. The number of nitrogens with one attached hydrogen (secondary N) is 1. The number of halogens is 2.